The standard InChI is InChI=1S/C28H35N5O3/c1-19-7-8-20-17-21(9-10-23(20)31-19)25-18-30-27(33-25)24(32-22-11-14-35-15-12-22)5-3-2-4-6-26(34)28-29-13-16-36-28/h7-10,13,16-18,22,24,28-29,32H,2-6,11-12,14-15H2,1H3,(H,30,33)/t24-,28?/m0/s1. The van der Waals surface area contributed by atoms with Crippen LogP contribution in [0.4, 0.5) is 0 Å². The van der Waals surface area contributed by atoms with E-state index >= 15 is 0 Å². The van der Waals surface area contributed by atoms with E-state index in [1.54, 1.807) is 6.20 Å². The van der Waals surface area contributed by atoms with E-state index in [0.717, 1.165) is 85.4 Å². The molecule has 3 N–H and O–H groups in total. The molecule has 3 aromatic rings. The molecule has 0 aliphatic carbocycles. The van der Waals surface area contributed by atoms with Crippen LogP contribution in [0.2, 0.25) is 0 Å². The number of pyridine rings is 1. The van der Waals surface area contributed by atoms with Gasteiger partial charge in [-0.05, 0) is 50.8 Å². The minimum absolute atomic E-state index is 0.105. The maximum Gasteiger partial charge on any atom is 0.228 e. The Bertz CT molecular complexity index is 1190. The molecule has 4 heterocycles. The molecular formula is C28H35N5O3. The molecule has 0 spiro atoms. The second kappa shape index (κ2) is 11.7. The Morgan fingerprint density at radius 2 is 2.06 bits per heavy atom. The molecule has 0 bridgehead atoms. The number of carbonyl (C=O) groups is 1. The lowest BCUT2D eigenvalue weighted by molar-refractivity contribution is -0.127. The number of aryl methyl sites for hydroxylation is 1. The van der Waals surface area contributed by atoms with Crippen molar-refractivity contribution in [2.24, 2.45) is 0 Å². The van der Waals surface area contributed by atoms with Crippen molar-refractivity contribution < 1.29 is 14.3 Å². The van der Waals surface area contributed by atoms with E-state index in [0.29, 0.717) is 12.5 Å². The molecule has 1 unspecified atom stereocenters. The first-order chi connectivity index (χ1) is 17.7. The molecule has 0 saturated carbocycles. The number of hydrogen-bond donors (Lipinski definition) is 3. The fraction of sp³-hybridized carbons (Fsp3) is 0.464. The van der Waals surface area contributed by atoms with Crippen LogP contribution in [0.25, 0.3) is 22.2 Å². The molecule has 190 valence electrons. The number of rotatable bonds is 11. The fourth-order valence-electron chi connectivity index (χ4n) is 4.91. The van der Waals surface area contributed by atoms with Crippen molar-refractivity contribution in [3.63, 3.8) is 0 Å². The zero-order valence-corrected chi connectivity index (χ0v) is 20.8. The Kier molecular flexibility index (Phi) is 7.93. The molecule has 5 rings (SSSR count). The van der Waals surface area contributed by atoms with E-state index in [2.05, 4.69) is 44.9 Å². The molecular weight excluding hydrogens is 454 g/mol. The first-order valence-electron chi connectivity index (χ1n) is 13.0. The summed E-state index contributed by atoms with van der Waals surface area (Å²) in [6, 6.07) is 11.0. The minimum Gasteiger partial charge on any atom is -0.469 e. The van der Waals surface area contributed by atoms with E-state index in [1.165, 1.54) is 6.26 Å². The van der Waals surface area contributed by atoms with Gasteiger partial charge in [-0.2, -0.15) is 0 Å². The summed E-state index contributed by atoms with van der Waals surface area (Å²) in [7, 11) is 0. The van der Waals surface area contributed by atoms with Gasteiger partial charge in [0.15, 0.2) is 5.78 Å². The monoisotopic (exact) mass is 489 g/mol. The number of nitrogens with zero attached hydrogens (tertiary/aromatic N) is 2. The molecule has 0 radical (unpaired) electrons. The summed E-state index contributed by atoms with van der Waals surface area (Å²) in [4.78, 5) is 25.2. The molecule has 1 aromatic carbocycles. The van der Waals surface area contributed by atoms with Crippen LogP contribution in [0.3, 0.4) is 0 Å². The molecule has 1 saturated heterocycles. The van der Waals surface area contributed by atoms with Crippen molar-refractivity contribution >= 4 is 16.7 Å². The maximum absolute atomic E-state index is 12.2. The van der Waals surface area contributed by atoms with Crippen molar-refractivity contribution in [1.82, 2.24) is 25.6 Å². The first-order valence-corrected chi connectivity index (χ1v) is 13.0. The third kappa shape index (κ3) is 6.12. The van der Waals surface area contributed by atoms with Crippen molar-refractivity contribution in [1.29, 1.82) is 0 Å². The number of H-pyrrole nitrogens is 1. The van der Waals surface area contributed by atoms with Gasteiger partial charge in [0.1, 0.15) is 12.1 Å². The van der Waals surface area contributed by atoms with Gasteiger partial charge in [-0.3, -0.25) is 9.78 Å². The number of ether oxygens (including phenoxy) is 2. The average Bonchev–Trinajstić information content (AvgIpc) is 3.61. The van der Waals surface area contributed by atoms with Crippen LogP contribution >= 0.6 is 0 Å². The Hall–Kier alpha value is -3.23. The van der Waals surface area contributed by atoms with E-state index in [1.807, 2.05) is 19.2 Å². The summed E-state index contributed by atoms with van der Waals surface area (Å²) in [5, 5.41) is 7.87. The summed E-state index contributed by atoms with van der Waals surface area (Å²) in [6.07, 6.45) is 11.0. The van der Waals surface area contributed by atoms with Crippen LogP contribution in [0.5, 0.6) is 0 Å². The van der Waals surface area contributed by atoms with Gasteiger partial charge in [0.25, 0.3) is 0 Å². The number of aromatic amines is 1. The quantitative estimate of drug-likeness (QED) is 0.336. The summed E-state index contributed by atoms with van der Waals surface area (Å²) >= 11 is 0. The number of benzene rings is 1. The predicted octanol–water partition coefficient (Wildman–Crippen LogP) is 4.68. The summed E-state index contributed by atoms with van der Waals surface area (Å²) < 4.78 is 10.8. The van der Waals surface area contributed by atoms with Crippen LogP contribution in [0, 0.1) is 6.92 Å². The Morgan fingerprint density at radius 3 is 2.89 bits per heavy atom. The molecule has 1 fully saturated rings. The number of fused-ring (bicyclic) bond motifs is 1. The van der Waals surface area contributed by atoms with Gasteiger partial charge in [0, 0.05) is 48.5 Å². The van der Waals surface area contributed by atoms with Crippen molar-refractivity contribution in [2.45, 2.75) is 70.2 Å². The molecule has 2 aliphatic heterocycles. The van der Waals surface area contributed by atoms with Gasteiger partial charge < -0.3 is 25.1 Å². The molecule has 2 aromatic heterocycles. The van der Waals surface area contributed by atoms with E-state index in [9.17, 15) is 4.79 Å². The van der Waals surface area contributed by atoms with Gasteiger partial charge >= 0.3 is 0 Å². The molecule has 0 amide bonds. The molecule has 2 atom stereocenters. The largest absolute Gasteiger partial charge is 0.469 e. The van der Waals surface area contributed by atoms with Gasteiger partial charge in [0.2, 0.25) is 6.23 Å². The fourth-order valence-corrected chi connectivity index (χ4v) is 4.91. The highest BCUT2D eigenvalue weighted by atomic mass is 16.5. The van der Waals surface area contributed by atoms with Crippen LogP contribution in [0.15, 0.2) is 49.0 Å². The van der Waals surface area contributed by atoms with Crippen molar-refractivity contribution in [3.05, 3.63) is 60.5 Å². The van der Waals surface area contributed by atoms with Crippen molar-refractivity contribution in [3.8, 4) is 11.3 Å². The maximum atomic E-state index is 12.2. The Morgan fingerprint density at radius 1 is 1.17 bits per heavy atom. The van der Waals surface area contributed by atoms with E-state index in [4.69, 9.17) is 14.5 Å². The average molecular weight is 490 g/mol. The highest BCUT2D eigenvalue weighted by Crippen LogP contribution is 2.26. The Labute approximate surface area is 211 Å². The SMILES string of the molecule is Cc1ccc2cc(-c3cnc([C@H](CCCCCC(=O)C4NC=CO4)NC4CCOCC4)[nH]3)ccc2n1. The van der Waals surface area contributed by atoms with Gasteiger partial charge in [0.05, 0.1) is 23.4 Å². The highest BCUT2D eigenvalue weighted by Gasteiger charge is 2.23. The smallest absolute Gasteiger partial charge is 0.228 e. The summed E-state index contributed by atoms with van der Waals surface area (Å²) in [6.45, 7) is 3.61. The molecule has 8 nitrogen and oxygen atoms in total. The minimum atomic E-state index is -0.510. The van der Waals surface area contributed by atoms with E-state index < -0.39 is 6.23 Å². The third-order valence-electron chi connectivity index (χ3n) is 6.96. The van der Waals surface area contributed by atoms with Crippen LogP contribution in [-0.2, 0) is 14.3 Å². The van der Waals surface area contributed by atoms with Crippen LogP contribution < -0.4 is 10.6 Å². The number of Topliss-reactive ketones (excluding diaryl/α,β-unsaturated/α-hetero) is 1. The van der Waals surface area contributed by atoms with E-state index in [-0.39, 0.29) is 11.8 Å². The molecule has 8 heteroatoms. The number of hydrogen-bond acceptors (Lipinski definition) is 7. The number of ketones is 1. The molecule has 36 heavy (non-hydrogen) atoms. The van der Waals surface area contributed by atoms with Gasteiger partial charge in [-0.1, -0.05) is 25.0 Å². The second-order valence-corrected chi connectivity index (χ2v) is 9.70. The lowest BCUT2D eigenvalue weighted by atomic mass is 10.0. The second-order valence-electron chi connectivity index (χ2n) is 9.70. The number of unbranched alkanes of at least 4 members (excludes halogenated alkanes) is 2. The predicted molar refractivity (Wildman–Crippen MR) is 139 cm³/mol. The first kappa shape index (κ1) is 24.5. The topological polar surface area (TPSA) is 101 Å². The third-order valence-corrected chi connectivity index (χ3v) is 6.96. The van der Waals surface area contributed by atoms with Crippen LogP contribution in [-0.4, -0.2) is 46.2 Å². The normalized spacial score (nSPS) is 18.8. The van der Waals surface area contributed by atoms with Gasteiger partial charge in [-0.15, -0.1) is 0 Å². The summed E-state index contributed by atoms with van der Waals surface area (Å²) in [5.41, 5.74) is 4.13. The summed E-state index contributed by atoms with van der Waals surface area (Å²) in [5.74, 6) is 1.07. The highest BCUT2D eigenvalue weighted by molar-refractivity contribution is 5.84. The zero-order chi connectivity index (χ0) is 24.7. The molecule has 2 aliphatic rings. The zero-order valence-electron chi connectivity index (χ0n) is 20.8. The van der Waals surface area contributed by atoms with Gasteiger partial charge in [-0.25, -0.2) is 4.98 Å². The number of carbonyl (C=O) groups excluding carboxylic acids is 1. The van der Waals surface area contributed by atoms with Crippen LogP contribution in [0.1, 0.15) is 62.5 Å². The Balaban J connectivity index is 1.22. The number of imidazole rings is 1. The number of nitrogens with one attached hydrogen (secondary N) is 3. The lowest BCUT2D eigenvalue weighted by Gasteiger charge is -2.28. The van der Waals surface area contributed by atoms with Crippen molar-refractivity contribution in [2.75, 3.05) is 13.2 Å². The number of aromatic nitrogens is 3. The lowest BCUT2D eigenvalue weighted by Crippen LogP contribution is -2.37.